The van der Waals surface area contributed by atoms with Gasteiger partial charge in [-0.25, -0.2) is 4.68 Å². The van der Waals surface area contributed by atoms with Gasteiger partial charge in [0.25, 0.3) is 0 Å². The fourth-order valence-electron chi connectivity index (χ4n) is 3.18. The number of nitrogens with two attached hydrogens (primary N) is 1. The number of rotatable bonds is 2. The Morgan fingerprint density at radius 1 is 1.31 bits per heavy atom. The van der Waals surface area contributed by atoms with Crippen LogP contribution in [0.25, 0.3) is 0 Å². The van der Waals surface area contributed by atoms with Gasteiger partial charge in [-0.2, -0.15) is 0 Å². The van der Waals surface area contributed by atoms with E-state index in [0.29, 0.717) is 12.6 Å². The molecular weight excluding hydrogens is 202 g/mol. The van der Waals surface area contributed by atoms with E-state index in [2.05, 4.69) is 22.3 Å². The normalized spacial score (nSPS) is 34.5. The molecule has 2 fully saturated rings. The molecule has 2 atom stereocenters. The molecule has 1 aromatic heterocycles. The summed E-state index contributed by atoms with van der Waals surface area (Å²) in [5, 5.41) is 8.27. The SMILES string of the molecule is CN1[C@@H]2CC[C@@H]1CC(n1cc(CN)nn1)C2. The van der Waals surface area contributed by atoms with Crippen molar-refractivity contribution in [1.82, 2.24) is 19.9 Å². The van der Waals surface area contributed by atoms with E-state index in [0.717, 1.165) is 17.8 Å². The van der Waals surface area contributed by atoms with Gasteiger partial charge in [0.15, 0.2) is 0 Å². The minimum Gasteiger partial charge on any atom is -0.325 e. The maximum atomic E-state index is 5.56. The lowest BCUT2D eigenvalue weighted by Crippen LogP contribution is -2.40. The summed E-state index contributed by atoms with van der Waals surface area (Å²) in [7, 11) is 2.26. The summed E-state index contributed by atoms with van der Waals surface area (Å²) in [5.41, 5.74) is 6.45. The Hall–Kier alpha value is -0.940. The van der Waals surface area contributed by atoms with E-state index in [4.69, 9.17) is 5.73 Å². The molecule has 5 nitrogen and oxygen atoms in total. The van der Waals surface area contributed by atoms with Gasteiger partial charge < -0.3 is 10.6 Å². The molecule has 3 rings (SSSR count). The van der Waals surface area contributed by atoms with Gasteiger partial charge in [0.2, 0.25) is 0 Å². The Morgan fingerprint density at radius 2 is 2.00 bits per heavy atom. The molecule has 0 amide bonds. The van der Waals surface area contributed by atoms with Gasteiger partial charge >= 0.3 is 0 Å². The van der Waals surface area contributed by atoms with Crippen molar-refractivity contribution in [3.63, 3.8) is 0 Å². The monoisotopic (exact) mass is 221 g/mol. The van der Waals surface area contributed by atoms with Gasteiger partial charge in [0.1, 0.15) is 0 Å². The average molecular weight is 221 g/mol. The van der Waals surface area contributed by atoms with Crippen molar-refractivity contribution in [2.75, 3.05) is 7.05 Å². The number of aromatic nitrogens is 3. The van der Waals surface area contributed by atoms with Gasteiger partial charge in [-0.05, 0) is 32.7 Å². The first-order valence-electron chi connectivity index (χ1n) is 6.10. The molecule has 0 radical (unpaired) electrons. The topological polar surface area (TPSA) is 60.0 Å². The van der Waals surface area contributed by atoms with Crippen LogP contribution >= 0.6 is 0 Å². The summed E-state index contributed by atoms with van der Waals surface area (Å²) in [6, 6.07) is 2.02. The molecule has 0 aliphatic carbocycles. The Morgan fingerprint density at radius 3 is 2.56 bits per heavy atom. The molecule has 2 saturated heterocycles. The largest absolute Gasteiger partial charge is 0.325 e. The summed E-state index contributed by atoms with van der Waals surface area (Å²) in [6.45, 7) is 0.486. The van der Waals surface area contributed by atoms with Crippen LogP contribution in [-0.2, 0) is 6.54 Å². The highest BCUT2D eigenvalue weighted by Gasteiger charge is 2.39. The fourth-order valence-corrected chi connectivity index (χ4v) is 3.18. The van der Waals surface area contributed by atoms with E-state index in [1.807, 2.05) is 10.9 Å². The third-order valence-corrected chi connectivity index (χ3v) is 4.21. The zero-order valence-corrected chi connectivity index (χ0v) is 9.71. The lowest BCUT2D eigenvalue weighted by atomic mass is 9.98. The van der Waals surface area contributed by atoms with Crippen molar-refractivity contribution in [3.05, 3.63) is 11.9 Å². The van der Waals surface area contributed by atoms with E-state index < -0.39 is 0 Å². The standard InChI is InChI=1S/C11H19N5/c1-15-9-2-3-10(15)5-11(4-9)16-7-8(6-12)13-14-16/h7,9-11H,2-6,12H2,1H3/t9-,10-/m1/s1. The highest BCUT2D eigenvalue weighted by atomic mass is 15.4. The molecule has 0 spiro atoms. The molecule has 2 N–H and O–H groups in total. The summed E-state index contributed by atoms with van der Waals surface area (Å²) in [4.78, 5) is 2.54. The lowest BCUT2D eigenvalue weighted by Gasteiger charge is -2.36. The average Bonchev–Trinajstić information content (AvgIpc) is 2.82. The summed E-state index contributed by atoms with van der Waals surface area (Å²) >= 11 is 0. The molecule has 2 aliphatic heterocycles. The van der Waals surface area contributed by atoms with E-state index in [-0.39, 0.29) is 0 Å². The van der Waals surface area contributed by atoms with Gasteiger partial charge in [-0.15, -0.1) is 5.10 Å². The third-order valence-electron chi connectivity index (χ3n) is 4.21. The van der Waals surface area contributed by atoms with Crippen molar-refractivity contribution in [2.24, 2.45) is 5.73 Å². The molecule has 0 aromatic carbocycles. The maximum absolute atomic E-state index is 5.56. The zero-order chi connectivity index (χ0) is 11.1. The predicted octanol–water partition coefficient (Wildman–Crippen LogP) is 0.534. The molecule has 2 bridgehead atoms. The number of piperidine rings is 1. The molecule has 0 unspecified atom stereocenters. The summed E-state index contributed by atoms with van der Waals surface area (Å²) in [6.07, 6.45) is 7.11. The molecule has 3 heterocycles. The number of hydrogen-bond donors (Lipinski definition) is 1. The Bertz CT molecular complexity index is 360. The molecule has 2 aliphatic rings. The predicted molar refractivity (Wildman–Crippen MR) is 60.8 cm³/mol. The Balaban J connectivity index is 1.77. The van der Waals surface area contributed by atoms with Gasteiger partial charge in [-0.1, -0.05) is 5.21 Å². The van der Waals surface area contributed by atoms with Crippen LogP contribution in [-0.4, -0.2) is 39.0 Å². The number of fused-ring (bicyclic) bond motifs is 2. The van der Waals surface area contributed by atoms with Crippen LogP contribution in [0.5, 0.6) is 0 Å². The second kappa shape index (κ2) is 3.82. The molecule has 16 heavy (non-hydrogen) atoms. The van der Waals surface area contributed by atoms with Crippen molar-refractivity contribution in [2.45, 2.75) is 50.4 Å². The first kappa shape index (κ1) is 10.2. The van der Waals surface area contributed by atoms with E-state index >= 15 is 0 Å². The van der Waals surface area contributed by atoms with Gasteiger partial charge in [-0.3, -0.25) is 0 Å². The highest BCUT2D eigenvalue weighted by molar-refractivity contribution is 4.98. The van der Waals surface area contributed by atoms with Crippen LogP contribution in [0.2, 0.25) is 0 Å². The second-order valence-corrected chi connectivity index (χ2v) is 5.07. The van der Waals surface area contributed by atoms with Gasteiger partial charge in [0, 0.05) is 18.6 Å². The molecule has 0 saturated carbocycles. The molecule has 5 heteroatoms. The lowest BCUT2D eigenvalue weighted by molar-refractivity contribution is 0.130. The Kier molecular flexibility index (Phi) is 2.44. The van der Waals surface area contributed by atoms with E-state index in [9.17, 15) is 0 Å². The van der Waals surface area contributed by atoms with E-state index in [1.54, 1.807) is 0 Å². The highest BCUT2D eigenvalue weighted by Crippen LogP contribution is 2.39. The molecule has 88 valence electrons. The van der Waals surface area contributed by atoms with Crippen LogP contribution in [0.3, 0.4) is 0 Å². The quantitative estimate of drug-likeness (QED) is 0.791. The number of hydrogen-bond acceptors (Lipinski definition) is 4. The van der Waals surface area contributed by atoms with Crippen LogP contribution in [0, 0.1) is 0 Å². The molecule has 1 aromatic rings. The van der Waals surface area contributed by atoms with Gasteiger partial charge in [0.05, 0.1) is 17.9 Å². The van der Waals surface area contributed by atoms with Crippen molar-refractivity contribution < 1.29 is 0 Å². The number of nitrogens with zero attached hydrogens (tertiary/aromatic N) is 4. The smallest absolute Gasteiger partial charge is 0.0962 e. The van der Waals surface area contributed by atoms with Crippen LogP contribution in [0.15, 0.2) is 6.20 Å². The van der Waals surface area contributed by atoms with Crippen molar-refractivity contribution >= 4 is 0 Å². The van der Waals surface area contributed by atoms with E-state index in [1.165, 1.54) is 25.7 Å². The summed E-state index contributed by atoms with van der Waals surface area (Å²) in [5.74, 6) is 0. The zero-order valence-electron chi connectivity index (χ0n) is 9.71. The second-order valence-electron chi connectivity index (χ2n) is 5.07. The molecular formula is C11H19N5. The fraction of sp³-hybridized carbons (Fsp3) is 0.818. The third kappa shape index (κ3) is 1.55. The van der Waals surface area contributed by atoms with Crippen LogP contribution < -0.4 is 5.73 Å². The van der Waals surface area contributed by atoms with Crippen LogP contribution in [0.4, 0.5) is 0 Å². The summed E-state index contributed by atoms with van der Waals surface area (Å²) < 4.78 is 2.03. The van der Waals surface area contributed by atoms with Crippen LogP contribution in [0.1, 0.15) is 37.4 Å². The first-order chi connectivity index (χ1) is 7.78. The minimum atomic E-state index is 0.486. The first-order valence-corrected chi connectivity index (χ1v) is 6.10. The minimum absolute atomic E-state index is 0.486. The Labute approximate surface area is 95.6 Å². The maximum Gasteiger partial charge on any atom is 0.0962 e. The van der Waals surface area contributed by atoms with Crippen molar-refractivity contribution in [1.29, 1.82) is 0 Å². The van der Waals surface area contributed by atoms with Crippen molar-refractivity contribution in [3.8, 4) is 0 Å².